The highest BCUT2D eigenvalue weighted by atomic mass is 127. The van der Waals surface area contributed by atoms with Crippen molar-refractivity contribution < 1.29 is 33.4 Å². The van der Waals surface area contributed by atoms with E-state index in [1.54, 1.807) is 56.3 Å². The summed E-state index contributed by atoms with van der Waals surface area (Å²) >= 11 is 3.32. The molecule has 0 unspecified atom stereocenters. The summed E-state index contributed by atoms with van der Waals surface area (Å²) in [7, 11) is 3.04. The van der Waals surface area contributed by atoms with E-state index in [9.17, 15) is 19.7 Å². The van der Waals surface area contributed by atoms with Crippen LogP contribution in [0, 0.1) is 13.7 Å². The van der Waals surface area contributed by atoms with Crippen LogP contribution in [0.15, 0.2) is 75.7 Å². The summed E-state index contributed by atoms with van der Waals surface area (Å²) in [6, 6.07) is 14.3. The molecule has 0 saturated carbocycles. The highest BCUT2D eigenvalue weighted by molar-refractivity contribution is 14.1. The molecule has 0 spiro atoms. The van der Waals surface area contributed by atoms with Crippen molar-refractivity contribution in [3.63, 3.8) is 0 Å². The fraction of sp³-hybridized carbons (Fsp3) is 0.286. The number of nitro benzene ring substituents is 1. The number of carbonyl (C=O) groups is 1. The maximum absolute atomic E-state index is 14.2. The van der Waals surface area contributed by atoms with Crippen LogP contribution in [-0.4, -0.2) is 42.4 Å². The molecule has 14 heteroatoms. The van der Waals surface area contributed by atoms with Crippen molar-refractivity contribution in [2.75, 3.05) is 20.8 Å². The summed E-state index contributed by atoms with van der Waals surface area (Å²) in [6.07, 6.45) is 1.64. The zero-order valence-electron chi connectivity index (χ0n) is 27.6. The number of fused-ring (bicyclic) bond motifs is 1. The molecule has 3 aromatic carbocycles. The van der Waals surface area contributed by atoms with Crippen molar-refractivity contribution >= 4 is 51.7 Å². The number of allylic oxidation sites excluding steroid dienone is 1. The maximum atomic E-state index is 14.2. The van der Waals surface area contributed by atoms with Crippen molar-refractivity contribution in [2.24, 2.45) is 4.99 Å². The van der Waals surface area contributed by atoms with Gasteiger partial charge in [-0.25, -0.2) is 9.79 Å². The Hall–Kier alpha value is -4.70. The van der Waals surface area contributed by atoms with Gasteiger partial charge in [0.1, 0.15) is 6.61 Å². The van der Waals surface area contributed by atoms with Gasteiger partial charge in [0.25, 0.3) is 11.2 Å². The Bertz CT molecular complexity index is 2140. The molecule has 256 valence electrons. The molecule has 0 bridgehead atoms. The van der Waals surface area contributed by atoms with Crippen LogP contribution in [0.1, 0.15) is 50.4 Å². The number of thiazole rings is 1. The molecule has 1 aliphatic rings. The second kappa shape index (κ2) is 15.2. The molecule has 0 amide bonds. The van der Waals surface area contributed by atoms with E-state index in [-0.39, 0.29) is 36.1 Å². The number of halogens is 1. The van der Waals surface area contributed by atoms with Crippen molar-refractivity contribution in [1.29, 1.82) is 0 Å². The number of nitrogens with zero attached hydrogens (tertiary/aromatic N) is 3. The molecular weight excluding hydrogens is 765 g/mol. The Kier molecular flexibility index (Phi) is 11.1. The maximum Gasteiger partial charge on any atom is 0.338 e. The number of hydrogen-bond donors (Lipinski definition) is 0. The first-order valence-corrected chi connectivity index (χ1v) is 17.1. The Morgan fingerprint density at radius 3 is 2.53 bits per heavy atom. The fourth-order valence-electron chi connectivity index (χ4n) is 5.34. The number of non-ortho nitro benzene ring substituents is 1. The lowest BCUT2D eigenvalue weighted by molar-refractivity contribution is -0.384. The number of rotatable bonds is 12. The lowest BCUT2D eigenvalue weighted by atomic mass is 9.95. The Balaban J connectivity index is 1.57. The largest absolute Gasteiger partial charge is 0.493 e. The lowest BCUT2D eigenvalue weighted by Gasteiger charge is -2.25. The van der Waals surface area contributed by atoms with Gasteiger partial charge >= 0.3 is 5.97 Å². The second-order valence-corrected chi connectivity index (χ2v) is 13.3. The van der Waals surface area contributed by atoms with Crippen LogP contribution >= 0.6 is 33.9 Å². The van der Waals surface area contributed by atoms with E-state index in [1.165, 1.54) is 42.3 Å². The Morgan fingerprint density at radius 2 is 1.86 bits per heavy atom. The van der Waals surface area contributed by atoms with Gasteiger partial charge in [-0.15, -0.1) is 0 Å². The quantitative estimate of drug-likeness (QED) is 0.0765. The fourth-order valence-corrected chi connectivity index (χ4v) is 7.17. The normalized spacial score (nSPS) is 14.3. The summed E-state index contributed by atoms with van der Waals surface area (Å²) in [5.74, 6) is 1.31. The van der Waals surface area contributed by atoms with Crippen molar-refractivity contribution in [2.45, 2.75) is 46.4 Å². The van der Waals surface area contributed by atoms with Gasteiger partial charge in [-0.2, -0.15) is 0 Å². The predicted octanol–water partition coefficient (Wildman–Crippen LogP) is 5.69. The SMILES string of the molecule is CCOC(=O)C1=C(C)N=c2s/c(=C\c3cc(I)c(OCc4cccc([N+](=O)[O-])c4)c(OC)c3)c(=O)n2[C@H]1c1ccc(OC(C)C)c(OC)c1. The van der Waals surface area contributed by atoms with Gasteiger partial charge in [0, 0.05) is 12.1 Å². The highest BCUT2D eigenvalue weighted by Gasteiger charge is 2.34. The van der Waals surface area contributed by atoms with Crippen LogP contribution in [0.25, 0.3) is 6.08 Å². The van der Waals surface area contributed by atoms with Gasteiger partial charge in [0.15, 0.2) is 27.8 Å². The zero-order chi connectivity index (χ0) is 35.4. The van der Waals surface area contributed by atoms with Crippen molar-refractivity contribution in [3.05, 3.63) is 116 Å². The predicted molar refractivity (Wildman–Crippen MR) is 192 cm³/mol. The number of benzene rings is 3. The average molecular weight is 800 g/mol. The number of hydrogen-bond acceptors (Lipinski definition) is 11. The summed E-state index contributed by atoms with van der Waals surface area (Å²) in [4.78, 5) is 43.3. The van der Waals surface area contributed by atoms with Gasteiger partial charge in [-0.3, -0.25) is 19.5 Å². The first-order chi connectivity index (χ1) is 23.4. The molecule has 1 atom stereocenters. The lowest BCUT2D eigenvalue weighted by Crippen LogP contribution is -2.40. The molecule has 0 N–H and O–H groups in total. The van der Waals surface area contributed by atoms with Crippen LogP contribution in [0.3, 0.4) is 0 Å². The van der Waals surface area contributed by atoms with E-state index in [2.05, 4.69) is 27.6 Å². The molecule has 12 nitrogen and oxygen atoms in total. The molecule has 4 aromatic rings. The monoisotopic (exact) mass is 799 g/mol. The van der Waals surface area contributed by atoms with Crippen molar-refractivity contribution in [3.8, 4) is 23.0 Å². The third-order valence-corrected chi connectivity index (χ3v) is 9.22. The van der Waals surface area contributed by atoms with Crippen LogP contribution in [-0.2, 0) is 16.1 Å². The molecule has 2 heterocycles. The van der Waals surface area contributed by atoms with Crippen LogP contribution < -0.4 is 33.8 Å². The van der Waals surface area contributed by atoms with Crippen molar-refractivity contribution in [1.82, 2.24) is 4.57 Å². The minimum atomic E-state index is -0.835. The molecule has 0 fully saturated rings. The van der Waals surface area contributed by atoms with Gasteiger partial charge in [0.2, 0.25) is 0 Å². The van der Waals surface area contributed by atoms with E-state index in [0.29, 0.717) is 58.3 Å². The smallest absolute Gasteiger partial charge is 0.338 e. The number of ether oxygens (including phenoxy) is 5. The van der Waals surface area contributed by atoms with E-state index in [1.807, 2.05) is 19.9 Å². The summed E-state index contributed by atoms with van der Waals surface area (Å²) in [5.41, 5.74) is 2.25. The second-order valence-electron chi connectivity index (χ2n) is 11.1. The third-order valence-electron chi connectivity index (χ3n) is 7.44. The standard InChI is InChI=1S/C35H34IN3O9S/c1-7-46-34(41)30-20(4)37-35-38(31(30)23-11-12-26(48-19(2)3)27(17-23)44-5)33(40)29(49-35)16-22-14-25(36)32(28(15-22)45-6)47-18-21-9-8-10-24(13-21)39(42)43/h8-17,19,31H,7,18H2,1-6H3/b29-16-/t31-/m0/s1. The molecule has 49 heavy (non-hydrogen) atoms. The minimum absolute atomic E-state index is 0.0253. The topological polar surface area (TPSA) is 141 Å². The number of carbonyl (C=O) groups excluding carboxylic acids is 1. The first-order valence-electron chi connectivity index (χ1n) is 15.2. The third kappa shape index (κ3) is 7.64. The number of methoxy groups -OCH3 is 2. The zero-order valence-corrected chi connectivity index (χ0v) is 30.6. The van der Waals surface area contributed by atoms with Crippen LogP contribution in [0.2, 0.25) is 0 Å². The molecule has 5 rings (SSSR count). The van der Waals surface area contributed by atoms with Crippen LogP contribution in [0.4, 0.5) is 5.69 Å². The number of nitro groups is 1. The van der Waals surface area contributed by atoms with Gasteiger partial charge in [-0.1, -0.05) is 29.5 Å². The van der Waals surface area contributed by atoms with E-state index in [0.717, 1.165) is 0 Å². The Labute approximate surface area is 299 Å². The molecule has 1 aliphatic heterocycles. The minimum Gasteiger partial charge on any atom is -0.493 e. The first kappa shape index (κ1) is 35.6. The summed E-state index contributed by atoms with van der Waals surface area (Å²) < 4.78 is 31.2. The van der Waals surface area contributed by atoms with E-state index < -0.39 is 16.9 Å². The van der Waals surface area contributed by atoms with Gasteiger partial charge in [0.05, 0.1) is 57.3 Å². The average Bonchev–Trinajstić information content (AvgIpc) is 3.36. The van der Waals surface area contributed by atoms with Gasteiger partial charge in [-0.05, 0) is 97.3 Å². The van der Waals surface area contributed by atoms with E-state index >= 15 is 0 Å². The molecule has 0 radical (unpaired) electrons. The molecule has 0 aliphatic carbocycles. The molecule has 1 aromatic heterocycles. The molecular formula is C35H34IN3O9S. The van der Waals surface area contributed by atoms with Crippen LogP contribution in [0.5, 0.6) is 23.0 Å². The van der Waals surface area contributed by atoms with Gasteiger partial charge < -0.3 is 23.7 Å². The van der Waals surface area contributed by atoms with E-state index in [4.69, 9.17) is 23.7 Å². The summed E-state index contributed by atoms with van der Waals surface area (Å²) in [6.45, 7) is 7.51. The number of esters is 1. The number of aromatic nitrogens is 1. The molecule has 0 saturated heterocycles. The Morgan fingerprint density at radius 1 is 1.10 bits per heavy atom. The summed E-state index contributed by atoms with van der Waals surface area (Å²) in [5, 5.41) is 11.2. The highest BCUT2D eigenvalue weighted by Crippen LogP contribution is 2.37.